The molecule has 9 heteroatoms. The van der Waals surface area contributed by atoms with Gasteiger partial charge in [-0.2, -0.15) is 0 Å². The third-order valence-corrected chi connectivity index (χ3v) is 7.82. The topological polar surface area (TPSA) is 121 Å². The standard InChI is InChI=1S/C31H29N3O5S/c1-31(2,3)21-9-16-25(17-10-21)40(37,38)34-23-13-18-27-26(19-23)28(20-7-5-4-6-8-20)29(33-27)39-30(36)32-22-11-14-24(35)15-12-22/h4-19,33-35H,1-3H3,(H,32,36). The molecule has 0 bridgehead atoms. The number of aromatic hydroxyl groups is 1. The lowest BCUT2D eigenvalue weighted by Gasteiger charge is -2.19. The second-order valence-corrected chi connectivity index (χ2v) is 12.1. The van der Waals surface area contributed by atoms with Gasteiger partial charge in [-0.25, -0.2) is 13.2 Å². The van der Waals surface area contributed by atoms with E-state index in [-0.39, 0.29) is 21.9 Å². The first-order valence-corrected chi connectivity index (χ1v) is 14.1. The minimum Gasteiger partial charge on any atom is -0.508 e. The molecule has 0 unspecified atom stereocenters. The van der Waals surface area contributed by atoms with Crippen molar-refractivity contribution in [2.75, 3.05) is 10.0 Å². The van der Waals surface area contributed by atoms with E-state index in [1.54, 1.807) is 42.5 Å². The monoisotopic (exact) mass is 555 g/mol. The summed E-state index contributed by atoms with van der Waals surface area (Å²) >= 11 is 0. The van der Waals surface area contributed by atoms with Crippen LogP contribution in [0.5, 0.6) is 11.6 Å². The van der Waals surface area contributed by atoms with Gasteiger partial charge in [0.05, 0.1) is 10.5 Å². The summed E-state index contributed by atoms with van der Waals surface area (Å²) in [5.74, 6) is 0.282. The minimum absolute atomic E-state index is 0.0780. The Morgan fingerprint density at radius 1 is 0.850 bits per heavy atom. The summed E-state index contributed by atoms with van der Waals surface area (Å²) in [6, 6.07) is 27.3. The van der Waals surface area contributed by atoms with Gasteiger partial charge in [-0.15, -0.1) is 0 Å². The lowest BCUT2D eigenvalue weighted by Crippen LogP contribution is -2.17. The molecule has 0 radical (unpaired) electrons. The van der Waals surface area contributed by atoms with Crippen LogP contribution >= 0.6 is 0 Å². The molecule has 4 aromatic carbocycles. The Labute approximate surface area is 232 Å². The van der Waals surface area contributed by atoms with E-state index in [0.717, 1.165) is 11.1 Å². The number of rotatable bonds is 6. The van der Waals surface area contributed by atoms with Gasteiger partial charge in [-0.05, 0) is 71.1 Å². The first kappa shape index (κ1) is 26.8. The fourth-order valence-corrected chi connectivity index (χ4v) is 5.38. The Balaban J connectivity index is 1.47. The summed E-state index contributed by atoms with van der Waals surface area (Å²) in [4.78, 5) is 16.0. The number of aromatic nitrogens is 1. The van der Waals surface area contributed by atoms with E-state index >= 15 is 0 Å². The molecule has 40 heavy (non-hydrogen) atoms. The number of phenols is 1. The van der Waals surface area contributed by atoms with E-state index in [2.05, 4.69) is 35.8 Å². The fraction of sp³-hybridized carbons (Fsp3) is 0.129. The van der Waals surface area contributed by atoms with Crippen molar-refractivity contribution in [2.45, 2.75) is 31.1 Å². The summed E-state index contributed by atoms with van der Waals surface area (Å²) in [7, 11) is -3.84. The van der Waals surface area contributed by atoms with Crippen LogP contribution in [-0.2, 0) is 15.4 Å². The van der Waals surface area contributed by atoms with Gasteiger partial charge in [0, 0.05) is 22.3 Å². The molecule has 0 aliphatic heterocycles. The predicted molar refractivity (Wildman–Crippen MR) is 157 cm³/mol. The Morgan fingerprint density at radius 2 is 1.50 bits per heavy atom. The molecule has 1 amide bonds. The second kappa shape index (κ2) is 10.4. The zero-order valence-electron chi connectivity index (χ0n) is 22.2. The van der Waals surface area contributed by atoms with E-state index in [1.807, 2.05) is 42.5 Å². The lowest BCUT2D eigenvalue weighted by atomic mass is 9.87. The third-order valence-electron chi connectivity index (χ3n) is 6.42. The molecule has 1 heterocycles. The molecule has 4 N–H and O–H groups in total. The average molecular weight is 556 g/mol. The molecule has 5 rings (SSSR count). The van der Waals surface area contributed by atoms with Gasteiger partial charge in [-0.3, -0.25) is 10.0 Å². The van der Waals surface area contributed by atoms with Gasteiger partial charge in [-0.1, -0.05) is 63.2 Å². The summed E-state index contributed by atoms with van der Waals surface area (Å²) in [6.45, 7) is 6.21. The number of aromatic amines is 1. The van der Waals surface area contributed by atoms with Gasteiger partial charge in [0.2, 0.25) is 5.88 Å². The number of H-pyrrole nitrogens is 1. The lowest BCUT2D eigenvalue weighted by molar-refractivity contribution is 0.214. The zero-order valence-corrected chi connectivity index (χ0v) is 23.0. The van der Waals surface area contributed by atoms with Crippen LogP contribution in [-0.4, -0.2) is 24.6 Å². The number of carbonyl (C=O) groups is 1. The number of nitrogens with one attached hydrogen (secondary N) is 3. The van der Waals surface area contributed by atoms with Crippen molar-refractivity contribution in [3.63, 3.8) is 0 Å². The molecule has 5 aromatic rings. The van der Waals surface area contributed by atoms with Crippen LogP contribution in [0.1, 0.15) is 26.3 Å². The van der Waals surface area contributed by atoms with E-state index < -0.39 is 16.1 Å². The third kappa shape index (κ3) is 5.79. The number of phenolic OH excluding ortho intramolecular Hbond substituents is 1. The van der Waals surface area contributed by atoms with Gasteiger partial charge in [0.25, 0.3) is 10.0 Å². The molecule has 0 fully saturated rings. The van der Waals surface area contributed by atoms with Gasteiger partial charge in [0.15, 0.2) is 0 Å². The quantitative estimate of drug-likeness (QED) is 0.165. The molecule has 0 spiro atoms. The molecule has 0 saturated carbocycles. The molecule has 0 atom stereocenters. The Morgan fingerprint density at radius 3 is 2.15 bits per heavy atom. The summed E-state index contributed by atoms with van der Waals surface area (Å²) in [6.07, 6.45) is -0.728. The van der Waals surface area contributed by atoms with Crippen LogP contribution in [0.3, 0.4) is 0 Å². The van der Waals surface area contributed by atoms with Crippen LogP contribution in [0.25, 0.3) is 22.0 Å². The molecule has 0 saturated heterocycles. The smallest absolute Gasteiger partial charge is 0.418 e. The van der Waals surface area contributed by atoms with E-state index in [9.17, 15) is 18.3 Å². The number of carbonyl (C=O) groups excluding carboxylic acids is 1. The first-order chi connectivity index (χ1) is 19.0. The molecule has 0 aliphatic rings. The SMILES string of the molecule is CC(C)(C)c1ccc(S(=O)(=O)Nc2ccc3[nH]c(OC(=O)Nc4ccc(O)cc4)c(-c4ccccc4)c3c2)cc1. The fourth-order valence-electron chi connectivity index (χ4n) is 4.33. The van der Waals surface area contributed by atoms with E-state index in [4.69, 9.17) is 4.74 Å². The first-order valence-electron chi connectivity index (χ1n) is 12.6. The maximum absolute atomic E-state index is 13.2. The maximum Gasteiger partial charge on any atom is 0.418 e. The highest BCUT2D eigenvalue weighted by atomic mass is 32.2. The summed E-state index contributed by atoms with van der Waals surface area (Å²) in [5.41, 5.74) is 3.80. The zero-order chi connectivity index (χ0) is 28.5. The largest absolute Gasteiger partial charge is 0.508 e. The number of fused-ring (bicyclic) bond motifs is 1. The van der Waals surface area contributed by atoms with E-state index in [0.29, 0.717) is 27.8 Å². The van der Waals surface area contributed by atoms with E-state index in [1.165, 1.54) is 12.1 Å². The Kier molecular flexibility index (Phi) is 6.99. The van der Waals surface area contributed by atoms with Crippen molar-refractivity contribution in [1.82, 2.24) is 4.98 Å². The van der Waals surface area contributed by atoms with Gasteiger partial charge >= 0.3 is 6.09 Å². The van der Waals surface area contributed by atoms with Crippen molar-refractivity contribution in [3.05, 3.63) is 103 Å². The highest BCUT2D eigenvalue weighted by Crippen LogP contribution is 2.39. The number of ether oxygens (including phenoxy) is 1. The molecule has 0 aliphatic carbocycles. The number of sulfonamides is 1. The average Bonchev–Trinajstić information content (AvgIpc) is 3.26. The number of benzene rings is 4. The van der Waals surface area contributed by atoms with Crippen molar-refractivity contribution in [3.8, 4) is 22.8 Å². The van der Waals surface area contributed by atoms with Crippen LogP contribution in [0.4, 0.5) is 16.2 Å². The molecule has 8 nitrogen and oxygen atoms in total. The summed E-state index contributed by atoms with van der Waals surface area (Å²) in [5, 5.41) is 12.8. The molecule has 1 aromatic heterocycles. The number of anilines is 2. The van der Waals surface area contributed by atoms with Crippen LogP contribution in [0.2, 0.25) is 0 Å². The Hall–Kier alpha value is -4.76. The summed E-state index contributed by atoms with van der Waals surface area (Å²) < 4.78 is 34.7. The highest BCUT2D eigenvalue weighted by Gasteiger charge is 2.21. The molecular weight excluding hydrogens is 526 g/mol. The number of hydrogen-bond acceptors (Lipinski definition) is 5. The van der Waals surface area contributed by atoms with Gasteiger partial charge in [0.1, 0.15) is 5.75 Å². The number of hydrogen-bond donors (Lipinski definition) is 4. The predicted octanol–water partition coefficient (Wildman–Crippen LogP) is 7.25. The minimum atomic E-state index is -3.84. The van der Waals surface area contributed by atoms with Crippen LogP contribution < -0.4 is 14.8 Å². The van der Waals surface area contributed by atoms with Crippen molar-refractivity contribution in [1.29, 1.82) is 0 Å². The van der Waals surface area contributed by atoms with Crippen LogP contribution in [0.15, 0.2) is 102 Å². The second-order valence-electron chi connectivity index (χ2n) is 10.4. The maximum atomic E-state index is 13.2. The van der Waals surface area contributed by atoms with Gasteiger partial charge < -0.3 is 14.8 Å². The van der Waals surface area contributed by atoms with Crippen molar-refractivity contribution >= 4 is 38.4 Å². The Bertz CT molecular complexity index is 1770. The van der Waals surface area contributed by atoms with Crippen LogP contribution in [0, 0.1) is 0 Å². The normalized spacial score (nSPS) is 11.8. The number of amides is 1. The molecule has 204 valence electrons. The van der Waals surface area contributed by atoms with Crippen molar-refractivity contribution < 1.29 is 23.1 Å². The molecular formula is C31H29N3O5S. The van der Waals surface area contributed by atoms with Crippen molar-refractivity contribution in [2.24, 2.45) is 0 Å². The highest BCUT2D eigenvalue weighted by molar-refractivity contribution is 7.92.